The Morgan fingerprint density at radius 2 is 1.91 bits per heavy atom. The van der Waals surface area contributed by atoms with Crippen LogP contribution in [-0.2, 0) is 16.6 Å². The number of aliphatic hydroxyl groups is 1. The van der Waals surface area contributed by atoms with Gasteiger partial charge in [0.2, 0.25) is 10.0 Å². The minimum atomic E-state index is -3.21. The third-order valence-corrected chi connectivity index (χ3v) is 6.58. The molecule has 6 heteroatoms. The number of benzene rings is 1. The van der Waals surface area contributed by atoms with Crippen molar-refractivity contribution in [2.45, 2.75) is 37.1 Å². The molecule has 2 N–H and O–H groups in total. The molecule has 3 rings (SSSR count). The van der Waals surface area contributed by atoms with Crippen molar-refractivity contribution in [2.24, 2.45) is 5.92 Å². The van der Waals surface area contributed by atoms with Gasteiger partial charge in [0.05, 0.1) is 5.25 Å². The molecule has 0 aromatic heterocycles. The first kappa shape index (κ1) is 15.9. The van der Waals surface area contributed by atoms with Crippen LogP contribution in [0.5, 0.6) is 0 Å². The molecular weight excluding hydrogens is 300 g/mol. The number of hydrogen-bond acceptors (Lipinski definition) is 4. The normalized spacial score (nSPS) is 27.0. The molecule has 5 nitrogen and oxygen atoms in total. The monoisotopic (exact) mass is 324 g/mol. The van der Waals surface area contributed by atoms with Gasteiger partial charge < -0.3 is 5.11 Å². The minimum absolute atomic E-state index is 0.0144. The first-order chi connectivity index (χ1) is 10.6. The van der Waals surface area contributed by atoms with Gasteiger partial charge in [-0.25, -0.2) is 13.1 Å². The van der Waals surface area contributed by atoms with Gasteiger partial charge in [-0.15, -0.1) is 0 Å². The molecule has 122 valence electrons. The Bertz CT molecular complexity index is 587. The van der Waals surface area contributed by atoms with Crippen LogP contribution in [0.2, 0.25) is 0 Å². The van der Waals surface area contributed by atoms with E-state index in [0.717, 1.165) is 32.4 Å². The van der Waals surface area contributed by atoms with E-state index in [1.165, 1.54) is 5.56 Å². The van der Waals surface area contributed by atoms with Gasteiger partial charge >= 0.3 is 0 Å². The molecule has 1 saturated carbocycles. The maximum Gasteiger partial charge on any atom is 0.214 e. The van der Waals surface area contributed by atoms with Crippen LogP contribution in [0.3, 0.4) is 0 Å². The van der Waals surface area contributed by atoms with Crippen molar-refractivity contribution in [3.8, 4) is 0 Å². The molecule has 0 bridgehead atoms. The largest absolute Gasteiger partial charge is 0.396 e. The van der Waals surface area contributed by atoms with E-state index in [-0.39, 0.29) is 23.8 Å². The second-order valence-corrected chi connectivity index (χ2v) is 8.41. The highest BCUT2D eigenvalue weighted by Gasteiger charge is 2.39. The summed E-state index contributed by atoms with van der Waals surface area (Å²) in [5.74, 6) is 0.0144. The van der Waals surface area contributed by atoms with Crippen LogP contribution in [0.15, 0.2) is 30.3 Å². The molecule has 2 fully saturated rings. The molecule has 1 aliphatic carbocycles. The smallest absolute Gasteiger partial charge is 0.214 e. The van der Waals surface area contributed by atoms with Crippen molar-refractivity contribution in [1.29, 1.82) is 0 Å². The van der Waals surface area contributed by atoms with E-state index in [0.29, 0.717) is 6.54 Å². The average molecular weight is 324 g/mol. The molecule has 1 saturated heterocycles. The fraction of sp³-hybridized carbons (Fsp3) is 0.625. The zero-order chi connectivity index (χ0) is 15.6. The number of aliphatic hydroxyl groups excluding tert-OH is 1. The number of rotatable bonds is 6. The van der Waals surface area contributed by atoms with E-state index in [1.807, 2.05) is 18.2 Å². The fourth-order valence-electron chi connectivity index (χ4n) is 3.09. The summed E-state index contributed by atoms with van der Waals surface area (Å²) >= 11 is 0. The number of hydrogen-bond donors (Lipinski definition) is 2. The van der Waals surface area contributed by atoms with Gasteiger partial charge in [-0.2, -0.15) is 0 Å². The molecular formula is C16H24N2O3S. The van der Waals surface area contributed by atoms with Gasteiger partial charge in [0.1, 0.15) is 0 Å². The number of sulfonamides is 1. The number of nitrogens with one attached hydrogen (secondary N) is 1. The molecule has 0 spiro atoms. The fourth-order valence-corrected chi connectivity index (χ4v) is 4.73. The van der Waals surface area contributed by atoms with Crippen molar-refractivity contribution < 1.29 is 13.5 Å². The summed E-state index contributed by atoms with van der Waals surface area (Å²) in [4.78, 5) is 2.27. The molecule has 1 heterocycles. The van der Waals surface area contributed by atoms with Crippen LogP contribution in [0, 0.1) is 5.92 Å². The summed E-state index contributed by atoms with van der Waals surface area (Å²) in [5.41, 5.74) is 1.23. The van der Waals surface area contributed by atoms with Crippen LogP contribution in [0.25, 0.3) is 0 Å². The second-order valence-electron chi connectivity index (χ2n) is 6.42. The first-order valence-electron chi connectivity index (χ1n) is 7.97. The van der Waals surface area contributed by atoms with Crippen molar-refractivity contribution in [1.82, 2.24) is 9.62 Å². The van der Waals surface area contributed by atoms with Gasteiger partial charge in [0.25, 0.3) is 0 Å². The molecule has 1 aromatic carbocycles. The maximum atomic E-state index is 12.2. The lowest BCUT2D eigenvalue weighted by molar-refractivity contribution is 0.101. The highest BCUT2D eigenvalue weighted by Crippen LogP contribution is 2.29. The van der Waals surface area contributed by atoms with Crippen LogP contribution in [0.1, 0.15) is 24.8 Å². The summed E-state index contributed by atoms with van der Waals surface area (Å²) in [6.07, 6.45) is 2.35. The lowest BCUT2D eigenvalue weighted by Gasteiger charge is -2.38. The zero-order valence-electron chi connectivity index (χ0n) is 12.7. The number of likely N-dealkylation sites (tertiary alicyclic amines) is 1. The standard InChI is InChI=1S/C16H24N2O3S/c19-12-14-8-9-18(10-13-4-2-1-3-5-13)11-16(14)17-22(20,21)15-6-7-15/h1-5,14-17,19H,6-12H2/t14-,16-/m0/s1. The Hall–Kier alpha value is -0.950. The number of nitrogens with zero attached hydrogens (tertiary/aromatic N) is 1. The Morgan fingerprint density at radius 1 is 1.18 bits per heavy atom. The molecule has 1 aromatic rings. The van der Waals surface area contributed by atoms with Crippen molar-refractivity contribution in [3.05, 3.63) is 35.9 Å². The molecule has 1 aliphatic heterocycles. The number of piperidine rings is 1. The van der Waals surface area contributed by atoms with Gasteiger partial charge in [-0.1, -0.05) is 30.3 Å². The molecule has 2 aliphatic rings. The van der Waals surface area contributed by atoms with E-state index in [4.69, 9.17) is 0 Å². The van der Waals surface area contributed by atoms with Gasteiger partial charge in [0.15, 0.2) is 0 Å². The summed E-state index contributed by atoms with van der Waals surface area (Å²) in [6.45, 7) is 2.41. The Kier molecular flexibility index (Phi) is 4.82. The van der Waals surface area contributed by atoms with Crippen LogP contribution in [-0.4, -0.2) is 49.4 Å². The molecule has 0 amide bonds. The Morgan fingerprint density at radius 3 is 2.55 bits per heavy atom. The Labute approximate surface area is 132 Å². The van der Waals surface area contributed by atoms with E-state index in [1.54, 1.807) is 0 Å². The lowest BCUT2D eigenvalue weighted by atomic mass is 9.93. The molecule has 22 heavy (non-hydrogen) atoms. The minimum Gasteiger partial charge on any atom is -0.396 e. The summed E-state index contributed by atoms with van der Waals surface area (Å²) < 4.78 is 27.2. The average Bonchev–Trinajstić information content (AvgIpc) is 3.33. The quantitative estimate of drug-likeness (QED) is 0.817. The molecule has 2 atom stereocenters. The molecule has 0 radical (unpaired) electrons. The van der Waals surface area contributed by atoms with Crippen LogP contribution < -0.4 is 4.72 Å². The van der Waals surface area contributed by atoms with Crippen molar-refractivity contribution >= 4 is 10.0 Å². The topological polar surface area (TPSA) is 69.6 Å². The predicted octanol–water partition coefficient (Wildman–Crippen LogP) is 0.951. The lowest BCUT2D eigenvalue weighted by Crippen LogP contribution is -2.53. The maximum absolute atomic E-state index is 12.2. The summed E-state index contributed by atoms with van der Waals surface area (Å²) in [6, 6.07) is 10.0. The summed E-state index contributed by atoms with van der Waals surface area (Å²) in [5, 5.41) is 9.32. The van der Waals surface area contributed by atoms with Gasteiger partial charge in [-0.05, 0) is 31.4 Å². The van der Waals surface area contributed by atoms with E-state index < -0.39 is 10.0 Å². The second kappa shape index (κ2) is 6.66. The summed E-state index contributed by atoms with van der Waals surface area (Å²) in [7, 11) is -3.21. The van der Waals surface area contributed by atoms with E-state index >= 15 is 0 Å². The SMILES string of the molecule is O=S(=O)(N[C@H]1CN(Cc2ccccc2)CC[C@H]1CO)C1CC1. The van der Waals surface area contributed by atoms with Gasteiger partial charge in [0, 0.05) is 31.7 Å². The van der Waals surface area contributed by atoms with Crippen molar-refractivity contribution in [3.63, 3.8) is 0 Å². The van der Waals surface area contributed by atoms with Crippen LogP contribution in [0.4, 0.5) is 0 Å². The third-order valence-electron chi connectivity index (χ3n) is 4.60. The predicted molar refractivity (Wildman–Crippen MR) is 85.8 cm³/mol. The van der Waals surface area contributed by atoms with E-state index in [2.05, 4.69) is 21.8 Å². The van der Waals surface area contributed by atoms with E-state index in [9.17, 15) is 13.5 Å². The zero-order valence-corrected chi connectivity index (χ0v) is 13.5. The highest BCUT2D eigenvalue weighted by atomic mass is 32.2. The highest BCUT2D eigenvalue weighted by molar-refractivity contribution is 7.90. The Balaban J connectivity index is 1.64. The molecule has 0 unspecified atom stereocenters. The third kappa shape index (κ3) is 3.87. The van der Waals surface area contributed by atoms with Crippen molar-refractivity contribution in [2.75, 3.05) is 19.7 Å². The van der Waals surface area contributed by atoms with Crippen LogP contribution >= 0.6 is 0 Å². The van der Waals surface area contributed by atoms with Gasteiger partial charge in [-0.3, -0.25) is 4.90 Å². The first-order valence-corrected chi connectivity index (χ1v) is 9.51.